The molecule has 0 spiro atoms. The van der Waals surface area contributed by atoms with E-state index in [1.807, 2.05) is 6.07 Å². The third-order valence-corrected chi connectivity index (χ3v) is 4.90. The van der Waals surface area contributed by atoms with Crippen molar-refractivity contribution in [1.82, 2.24) is 10.2 Å². The first-order valence-electron chi connectivity index (χ1n) is 7.15. The molecule has 1 N–H and O–H groups in total. The Morgan fingerprint density at radius 1 is 1.35 bits per heavy atom. The van der Waals surface area contributed by atoms with Gasteiger partial charge in [-0.15, -0.1) is 11.3 Å². The Hall–Kier alpha value is -0.910. The smallest absolute Gasteiger partial charge is 0.261 e. The maximum atomic E-state index is 12.1. The van der Waals surface area contributed by atoms with Crippen molar-refractivity contribution in [3.8, 4) is 0 Å². The van der Waals surface area contributed by atoms with Gasteiger partial charge in [0.15, 0.2) is 0 Å². The van der Waals surface area contributed by atoms with Crippen molar-refractivity contribution >= 4 is 17.2 Å². The Balaban J connectivity index is 1.78. The normalized spacial score (nSPS) is 17.1. The highest BCUT2D eigenvalue weighted by molar-refractivity contribution is 7.14. The molecule has 2 heterocycles. The number of nitrogens with one attached hydrogen (secondary N) is 1. The Morgan fingerprint density at radius 3 is 2.65 bits per heavy atom. The summed E-state index contributed by atoms with van der Waals surface area (Å²) in [6, 6.07) is 3.98. The number of thiophene rings is 1. The Bertz CT molecular complexity index is 445. The zero-order chi connectivity index (χ0) is 14.6. The molecule has 1 aliphatic heterocycles. The molecule has 0 aromatic carbocycles. The highest BCUT2D eigenvalue weighted by Crippen LogP contribution is 2.29. The van der Waals surface area contributed by atoms with Gasteiger partial charge in [0.05, 0.1) is 18.1 Å². The maximum Gasteiger partial charge on any atom is 0.261 e. The van der Waals surface area contributed by atoms with E-state index in [-0.39, 0.29) is 11.3 Å². The molecule has 0 unspecified atom stereocenters. The molecule has 1 aliphatic rings. The first-order chi connectivity index (χ1) is 9.47. The lowest BCUT2D eigenvalue weighted by Crippen LogP contribution is -2.41. The molecule has 0 bridgehead atoms. The lowest BCUT2D eigenvalue weighted by Gasteiger charge is -2.26. The lowest BCUT2D eigenvalue weighted by molar-refractivity contribution is 0.0383. The first kappa shape index (κ1) is 15.5. The molecule has 0 saturated carbocycles. The van der Waals surface area contributed by atoms with Crippen LogP contribution in [0.15, 0.2) is 12.1 Å². The average molecular weight is 296 g/mol. The standard InChI is InChI=1S/C15H24N2O2S/c1-15(2,3)13-5-4-12(20-13)14(18)16-6-7-17-8-10-19-11-9-17/h4-5H,6-11H2,1-3H3,(H,16,18). The molecule has 0 aliphatic carbocycles. The van der Waals surface area contributed by atoms with E-state index in [0.717, 1.165) is 37.7 Å². The number of ether oxygens (including phenoxy) is 1. The SMILES string of the molecule is CC(C)(C)c1ccc(C(=O)NCCN2CCOCC2)s1. The van der Waals surface area contributed by atoms with Crippen molar-refractivity contribution in [2.24, 2.45) is 0 Å². The summed E-state index contributed by atoms with van der Waals surface area (Å²) in [5, 5.41) is 3.00. The Morgan fingerprint density at radius 2 is 2.05 bits per heavy atom. The summed E-state index contributed by atoms with van der Waals surface area (Å²) in [5.41, 5.74) is 0.108. The number of carbonyl (C=O) groups excluding carboxylic acids is 1. The molecular formula is C15H24N2O2S. The van der Waals surface area contributed by atoms with Crippen LogP contribution in [-0.2, 0) is 10.2 Å². The van der Waals surface area contributed by atoms with Gasteiger partial charge in [0.25, 0.3) is 5.91 Å². The third-order valence-electron chi connectivity index (χ3n) is 3.39. The summed E-state index contributed by atoms with van der Waals surface area (Å²) >= 11 is 1.59. The number of hydrogen-bond donors (Lipinski definition) is 1. The van der Waals surface area contributed by atoms with Gasteiger partial charge < -0.3 is 10.1 Å². The molecule has 1 saturated heterocycles. The molecule has 0 radical (unpaired) electrons. The van der Waals surface area contributed by atoms with Gasteiger partial charge in [-0.2, -0.15) is 0 Å². The number of morpholine rings is 1. The van der Waals surface area contributed by atoms with Crippen molar-refractivity contribution in [3.63, 3.8) is 0 Å². The summed E-state index contributed by atoms with van der Waals surface area (Å²) in [7, 11) is 0. The molecule has 112 valence electrons. The van der Waals surface area contributed by atoms with E-state index < -0.39 is 0 Å². The van der Waals surface area contributed by atoms with Crippen molar-refractivity contribution in [2.75, 3.05) is 39.4 Å². The molecule has 5 heteroatoms. The minimum Gasteiger partial charge on any atom is -0.379 e. The second-order valence-corrected chi connectivity index (χ2v) is 7.21. The van der Waals surface area contributed by atoms with E-state index in [9.17, 15) is 4.79 Å². The maximum absolute atomic E-state index is 12.1. The molecule has 4 nitrogen and oxygen atoms in total. The fourth-order valence-corrected chi connectivity index (χ4v) is 3.08. The van der Waals surface area contributed by atoms with Crippen LogP contribution in [0, 0.1) is 0 Å². The number of rotatable bonds is 4. The quantitative estimate of drug-likeness (QED) is 0.925. The van der Waals surface area contributed by atoms with Gasteiger partial charge >= 0.3 is 0 Å². The molecule has 1 amide bonds. The molecule has 20 heavy (non-hydrogen) atoms. The number of hydrogen-bond acceptors (Lipinski definition) is 4. The van der Waals surface area contributed by atoms with E-state index in [1.165, 1.54) is 4.88 Å². The van der Waals surface area contributed by atoms with E-state index in [4.69, 9.17) is 4.74 Å². The predicted octanol–water partition coefficient (Wildman–Crippen LogP) is 2.11. The van der Waals surface area contributed by atoms with Gasteiger partial charge in [-0.25, -0.2) is 0 Å². The van der Waals surface area contributed by atoms with Crippen LogP contribution >= 0.6 is 11.3 Å². The largest absolute Gasteiger partial charge is 0.379 e. The number of amides is 1. The summed E-state index contributed by atoms with van der Waals surface area (Å²) in [6.07, 6.45) is 0. The second-order valence-electron chi connectivity index (χ2n) is 6.12. The van der Waals surface area contributed by atoms with Crippen molar-refractivity contribution < 1.29 is 9.53 Å². The molecular weight excluding hydrogens is 272 g/mol. The molecule has 2 rings (SSSR count). The van der Waals surface area contributed by atoms with E-state index in [2.05, 4.69) is 37.1 Å². The fraction of sp³-hybridized carbons (Fsp3) is 0.667. The van der Waals surface area contributed by atoms with Crippen LogP contribution in [0.25, 0.3) is 0 Å². The minimum atomic E-state index is 0.0405. The second kappa shape index (κ2) is 6.70. The zero-order valence-corrected chi connectivity index (χ0v) is 13.4. The van der Waals surface area contributed by atoms with Crippen LogP contribution < -0.4 is 5.32 Å². The first-order valence-corrected chi connectivity index (χ1v) is 7.97. The zero-order valence-electron chi connectivity index (χ0n) is 12.6. The summed E-state index contributed by atoms with van der Waals surface area (Å²) in [5.74, 6) is 0.0405. The molecule has 1 fully saturated rings. The van der Waals surface area contributed by atoms with Gasteiger partial charge in [0.1, 0.15) is 0 Å². The summed E-state index contributed by atoms with van der Waals surface area (Å²) < 4.78 is 5.30. The van der Waals surface area contributed by atoms with Crippen LogP contribution in [0.5, 0.6) is 0 Å². The number of carbonyl (C=O) groups is 1. The van der Waals surface area contributed by atoms with Crippen LogP contribution in [0.2, 0.25) is 0 Å². The van der Waals surface area contributed by atoms with Crippen molar-refractivity contribution in [2.45, 2.75) is 26.2 Å². The van der Waals surface area contributed by atoms with E-state index in [0.29, 0.717) is 6.54 Å². The van der Waals surface area contributed by atoms with Crippen LogP contribution in [0.1, 0.15) is 35.3 Å². The van der Waals surface area contributed by atoms with Gasteiger partial charge in [-0.05, 0) is 17.5 Å². The molecule has 1 aromatic heterocycles. The fourth-order valence-electron chi connectivity index (χ4n) is 2.10. The monoisotopic (exact) mass is 296 g/mol. The van der Waals surface area contributed by atoms with Crippen LogP contribution in [0.3, 0.4) is 0 Å². The van der Waals surface area contributed by atoms with Gasteiger partial charge in [-0.1, -0.05) is 20.8 Å². The topological polar surface area (TPSA) is 41.6 Å². The van der Waals surface area contributed by atoms with Gasteiger partial charge in [0, 0.05) is 31.1 Å². The molecule has 1 aromatic rings. The van der Waals surface area contributed by atoms with E-state index in [1.54, 1.807) is 11.3 Å². The van der Waals surface area contributed by atoms with Crippen LogP contribution in [-0.4, -0.2) is 50.2 Å². The number of nitrogens with zero attached hydrogens (tertiary/aromatic N) is 1. The minimum absolute atomic E-state index is 0.0405. The van der Waals surface area contributed by atoms with E-state index >= 15 is 0 Å². The van der Waals surface area contributed by atoms with Gasteiger partial charge in [0.2, 0.25) is 0 Å². The highest BCUT2D eigenvalue weighted by Gasteiger charge is 2.18. The van der Waals surface area contributed by atoms with Crippen molar-refractivity contribution in [3.05, 3.63) is 21.9 Å². The highest BCUT2D eigenvalue weighted by atomic mass is 32.1. The predicted molar refractivity (Wildman–Crippen MR) is 82.6 cm³/mol. The van der Waals surface area contributed by atoms with Crippen LogP contribution in [0.4, 0.5) is 0 Å². The van der Waals surface area contributed by atoms with Crippen molar-refractivity contribution in [1.29, 1.82) is 0 Å². The Labute approximate surface area is 125 Å². The average Bonchev–Trinajstić information content (AvgIpc) is 2.89. The lowest BCUT2D eigenvalue weighted by atomic mass is 9.95. The summed E-state index contributed by atoms with van der Waals surface area (Å²) in [4.78, 5) is 16.4. The summed E-state index contributed by atoms with van der Waals surface area (Å²) in [6.45, 7) is 11.6. The third kappa shape index (κ3) is 4.30. The Kier molecular flexibility index (Phi) is 5.18. The van der Waals surface area contributed by atoms with Gasteiger partial charge in [-0.3, -0.25) is 9.69 Å². The molecule has 0 atom stereocenters.